The molecule has 0 atom stereocenters. The van der Waals surface area contributed by atoms with Gasteiger partial charge >= 0.3 is 19.1 Å². The molecule has 7 nitrogen and oxygen atoms in total. The smallest absolute Gasteiger partial charge is 0.451 e. The molecule has 0 aromatic carbocycles. The molecule has 0 fully saturated rings. The van der Waals surface area contributed by atoms with Crippen LogP contribution in [0.15, 0.2) is 0 Å². The number of hydrogen-bond acceptors (Lipinski definition) is 5. The largest absolute Gasteiger partial charge is 0.480 e. The Balaban J connectivity index is 0. The van der Waals surface area contributed by atoms with Gasteiger partial charge in [0.15, 0.2) is 0 Å². The van der Waals surface area contributed by atoms with Crippen LogP contribution < -0.4 is 0 Å². The molecule has 0 radical (unpaired) electrons. The maximum absolute atomic E-state index is 9.96. The highest BCUT2D eigenvalue weighted by Gasteiger charge is 2.06. The third-order valence-corrected chi connectivity index (χ3v) is 1.88. The van der Waals surface area contributed by atoms with Crippen LogP contribution in [0.25, 0.3) is 0 Å². The van der Waals surface area contributed by atoms with Gasteiger partial charge in [0, 0.05) is 0 Å². The van der Waals surface area contributed by atoms with Gasteiger partial charge in [0.05, 0.1) is 13.1 Å². The fraction of sp³-hybridized carbons (Fsp3) is 0.800. The number of likely N-dealkylation sites (N-methyl/N-ethyl adjacent to an activating group) is 1. The van der Waals surface area contributed by atoms with Crippen LogP contribution in [0.1, 0.15) is 26.2 Å². The summed E-state index contributed by atoms with van der Waals surface area (Å²) in [5, 5.41) is 33.0. The summed E-state index contributed by atoms with van der Waals surface area (Å²) in [5.74, 6) is -2.05. The van der Waals surface area contributed by atoms with E-state index in [1.165, 1.54) is 11.9 Å². The van der Waals surface area contributed by atoms with Crippen LogP contribution in [-0.2, 0) is 9.59 Å². The number of carboxylic acid groups (broad SMARTS) is 2. The van der Waals surface area contributed by atoms with Crippen LogP contribution in [-0.4, -0.2) is 64.4 Å². The summed E-state index contributed by atoms with van der Waals surface area (Å²) in [4.78, 5) is 21.1. The average Bonchev–Trinajstić information content (AvgIpc) is 2.15. The minimum absolute atomic E-state index is 0.244. The van der Waals surface area contributed by atoms with Crippen molar-refractivity contribution in [3.63, 3.8) is 0 Å². The highest BCUT2D eigenvalue weighted by Crippen LogP contribution is 1.99. The zero-order valence-electron chi connectivity index (χ0n) is 10.9. The molecule has 8 heteroatoms. The molecular weight excluding hydrogens is 241 g/mol. The maximum atomic E-state index is 9.96. The van der Waals surface area contributed by atoms with E-state index in [0.29, 0.717) is 6.32 Å². The standard InChI is InChI=1S/C5H13BO2.C5H9NO4/c1-2-3-4-5-6(7)8;1-6(2-4(7)8)3-5(9)10/h7-8H,2-5H2,1H3;2-3H2,1H3,(H,7,8)(H,9,10). The minimum Gasteiger partial charge on any atom is -0.480 e. The summed E-state index contributed by atoms with van der Waals surface area (Å²) in [6.45, 7) is 1.60. The van der Waals surface area contributed by atoms with E-state index < -0.39 is 19.1 Å². The molecule has 0 rings (SSSR count). The van der Waals surface area contributed by atoms with Gasteiger partial charge in [0.2, 0.25) is 0 Å². The van der Waals surface area contributed by atoms with Crippen molar-refractivity contribution in [3.8, 4) is 0 Å². The Hall–Kier alpha value is -1.12. The van der Waals surface area contributed by atoms with Crippen molar-refractivity contribution in [1.82, 2.24) is 4.90 Å². The van der Waals surface area contributed by atoms with Gasteiger partial charge in [0.1, 0.15) is 0 Å². The molecule has 4 N–H and O–H groups in total. The second-order valence-corrected chi connectivity index (χ2v) is 3.94. The van der Waals surface area contributed by atoms with E-state index in [-0.39, 0.29) is 13.1 Å². The molecule has 0 saturated carbocycles. The molecule has 0 aliphatic rings. The topological polar surface area (TPSA) is 118 Å². The molecule has 0 aromatic heterocycles. The fourth-order valence-corrected chi connectivity index (χ4v) is 1.09. The van der Waals surface area contributed by atoms with Crippen LogP contribution in [0.5, 0.6) is 0 Å². The van der Waals surface area contributed by atoms with Gasteiger partial charge in [0.25, 0.3) is 0 Å². The van der Waals surface area contributed by atoms with Crippen molar-refractivity contribution in [2.75, 3.05) is 20.1 Å². The molecule has 106 valence electrons. The van der Waals surface area contributed by atoms with Crippen molar-refractivity contribution in [3.05, 3.63) is 0 Å². The molecule has 0 amide bonds. The lowest BCUT2D eigenvalue weighted by Gasteiger charge is -2.08. The molecular formula is C10H22BNO6. The van der Waals surface area contributed by atoms with Gasteiger partial charge in [-0.3, -0.25) is 14.5 Å². The van der Waals surface area contributed by atoms with Crippen molar-refractivity contribution in [1.29, 1.82) is 0 Å². The second kappa shape index (κ2) is 12.3. The first-order chi connectivity index (χ1) is 8.29. The summed E-state index contributed by atoms with van der Waals surface area (Å²) in [6, 6.07) is 0. The van der Waals surface area contributed by atoms with E-state index in [1.807, 2.05) is 0 Å². The number of hydrogen-bond donors (Lipinski definition) is 4. The Morgan fingerprint density at radius 3 is 1.78 bits per heavy atom. The highest BCUT2D eigenvalue weighted by molar-refractivity contribution is 6.40. The first-order valence-electron chi connectivity index (χ1n) is 5.77. The quantitative estimate of drug-likeness (QED) is 0.352. The summed E-state index contributed by atoms with van der Waals surface area (Å²) in [5.41, 5.74) is 0. The fourth-order valence-electron chi connectivity index (χ4n) is 1.09. The lowest BCUT2D eigenvalue weighted by Crippen LogP contribution is -2.30. The molecule has 0 heterocycles. The van der Waals surface area contributed by atoms with E-state index >= 15 is 0 Å². The third kappa shape index (κ3) is 20.3. The van der Waals surface area contributed by atoms with Crippen LogP contribution >= 0.6 is 0 Å². The SMILES string of the molecule is CCCCCB(O)O.CN(CC(=O)O)CC(=O)O. The zero-order valence-corrected chi connectivity index (χ0v) is 10.9. The summed E-state index contributed by atoms with van der Waals surface area (Å²) in [6.07, 6.45) is 3.67. The Morgan fingerprint density at radius 2 is 1.50 bits per heavy atom. The monoisotopic (exact) mass is 263 g/mol. The molecule has 0 aliphatic heterocycles. The lowest BCUT2D eigenvalue weighted by molar-refractivity contribution is -0.141. The highest BCUT2D eigenvalue weighted by atomic mass is 16.4. The van der Waals surface area contributed by atoms with E-state index in [0.717, 1.165) is 19.3 Å². The van der Waals surface area contributed by atoms with Crippen molar-refractivity contribution in [2.45, 2.75) is 32.5 Å². The maximum Gasteiger partial charge on any atom is 0.451 e. The van der Waals surface area contributed by atoms with Crippen molar-refractivity contribution < 1.29 is 29.9 Å². The molecule has 0 spiro atoms. The Morgan fingerprint density at radius 1 is 1.06 bits per heavy atom. The second-order valence-electron chi connectivity index (χ2n) is 3.94. The Bertz CT molecular complexity index is 220. The van der Waals surface area contributed by atoms with Gasteiger partial charge in [-0.05, 0) is 13.4 Å². The normalized spacial score (nSPS) is 9.61. The van der Waals surface area contributed by atoms with E-state index in [1.54, 1.807) is 0 Å². The zero-order chi connectivity index (χ0) is 14.6. The molecule has 18 heavy (non-hydrogen) atoms. The van der Waals surface area contributed by atoms with Crippen molar-refractivity contribution >= 4 is 19.1 Å². The van der Waals surface area contributed by atoms with Crippen LogP contribution in [0, 0.1) is 0 Å². The number of aliphatic carboxylic acids is 2. The molecule has 0 bridgehead atoms. The predicted molar refractivity (Wildman–Crippen MR) is 67.3 cm³/mol. The number of nitrogens with zero attached hydrogens (tertiary/aromatic N) is 1. The molecule has 0 saturated heterocycles. The minimum atomic E-state index is -1.10. The summed E-state index contributed by atoms with van der Waals surface area (Å²) in [7, 11) is 0.337. The van der Waals surface area contributed by atoms with Crippen LogP contribution in [0.2, 0.25) is 6.32 Å². The van der Waals surface area contributed by atoms with Crippen LogP contribution in [0.3, 0.4) is 0 Å². The molecule has 0 aromatic rings. The number of rotatable bonds is 8. The average molecular weight is 263 g/mol. The van der Waals surface area contributed by atoms with Gasteiger partial charge in [-0.15, -0.1) is 0 Å². The Kier molecular flexibility index (Phi) is 13.2. The van der Waals surface area contributed by atoms with Gasteiger partial charge in [-0.25, -0.2) is 0 Å². The first-order valence-corrected chi connectivity index (χ1v) is 5.77. The Labute approximate surface area is 107 Å². The number of carboxylic acids is 2. The predicted octanol–water partition coefficient (Wildman–Crippen LogP) is -0.263. The molecule has 0 aliphatic carbocycles. The number of unbranched alkanes of at least 4 members (excludes halogenated alkanes) is 2. The first kappa shape index (κ1) is 19.2. The van der Waals surface area contributed by atoms with Crippen LogP contribution in [0.4, 0.5) is 0 Å². The van der Waals surface area contributed by atoms with E-state index in [4.69, 9.17) is 20.3 Å². The van der Waals surface area contributed by atoms with E-state index in [2.05, 4.69) is 6.92 Å². The van der Waals surface area contributed by atoms with E-state index in [9.17, 15) is 9.59 Å². The van der Waals surface area contributed by atoms with Crippen molar-refractivity contribution in [2.24, 2.45) is 0 Å². The summed E-state index contributed by atoms with van der Waals surface area (Å²) < 4.78 is 0. The summed E-state index contributed by atoms with van der Waals surface area (Å²) >= 11 is 0. The third-order valence-electron chi connectivity index (χ3n) is 1.88. The molecule has 0 unspecified atom stereocenters. The van der Waals surface area contributed by atoms with Gasteiger partial charge in [-0.2, -0.15) is 0 Å². The lowest BCUT2D eigenvalue weighted by atomic mass is 9.84. The number of carbonyl (C=O) groups is 2. The van der Waals surface area contributed by atoms with Gasteiger partial charge in [-0.1, -0.05) is 26.2 Å². The van der Waals surface area contributed by atoms with Gasteiger partial charge < -0.3 is 20.3 Å².